The molecule has 8 heteroatoms. The molecule has 0 radical (unpaired) electrons. The van der Waals surface area contributed by atoms with Crippen molar-refractivity contribution in [1.82, 2.24) is 4.90 Å². The second-order valence-corrected chi connectivity index (χ2v) is 8.46. The average molecular weight is 489 g/mol. The molecular formula is C28H28N2O6. The van der Waals surface area contributed by atoms with Crippen LogP contribution in [0.3, 0.4) is 0 Å². The normalized spacial score (nSPS) is 13.1. The Morgan fingerprint density at radius 1 is 0.917 bits per heavy atom. The van der Waals surface area contributed by atoms with Crippen molar-refractivity contribution >= 4 is 17.8 Å². The number of carbonyl (C=O) groups excluding carboxylic acids is 3. The van der Waals surface area contributed by atoms with Crippen LogP contribution in [0.25, 0.3) is 0 Å². The largest absolute Gasteiger partial charge is 0.489 e. The summed E-state index contributed by atoms with van der Waals surface area (Å²) in [6.07, 6.45) is 0.0816. The van der Waals surface area contributed by atoms with Gasteiger partial charge in [0.05, 0.1) is 13.7 Å². The number of ether oxygens (including phenoxy) is 3. The highest BCUT2D eigenvalue weighted by Gasteiger charge is 2.37. The van der Waals surface area contributed by atoms with Crippen LogP contribution < -0.4 is 15.2 Å². The molecule has 36 heavy (non-hydrogen) atoms. The summed E-state index contributed by atoms with van der Waals surface area (Å²) >= 11 is 0. The molecule has 2 amide bonds. The van der Waals surface area contributed by atoms with Gasteiger partial charge < -0.3 is 24.8 Å². The monoisotopic (exact) mass is 488 g/mol. The highest BCUT2D eigenvalue weighted by molar-refractivity contribution is 6.01. The van der Waals surface area contributed by atoms with E-state index >= 15 is 0 Å². The van der Waals surface area contributed by atoms with Gasteiger partial charge in [-0.25, -0.2) is 0 Å². The lowest BCUT2D eigenvalue weighted by molar-refractivity contribution is -0.141. The minimum Gasteiger partial charge on any atom is -0.489 e. The fourth-order valence-electron chi connectivity index (χ4n) is 4.10. The summed E-state index contributed by atoms with van der Waals surface area (Å²) in [5, 5.41) is 0. The third kappa shape index (κ3) is 5.83. The van der Waals surface area contributed by atoms with Crippen LogP contribution in [0.15, 0.2) is 72.8 Å². The summed E-state index contributed by atoms with van der Waals surface area (Å²) in [7, 11) is 1.27. The van der Waals surface area contributed by atoms with Crippen molar-refractivity contribution in [3.63, 3.8) is 0 Å². The zero-order valence-corrected chi connectivity index (χ0v) is 20.0. The van der Waals surface area contributed by atoms with Gasteiger partial charge in [-0.05, 0) is 41.8 Å². The molecule has 3 aromatic carbocycles. The number of rotatable bonds is 11. The number of esters is 1. The van der Waals surface area contributed by atoms with Crippen molar-refractivity contribution in [2.75, 3.05) is 7.11 Å². The predicted molar refractivity (Wildman–Crippen MR) is 132 cm³/mol. The molecule has 4 rings (SSSR count). The first-order valence-corrected chi connectivity index (χ1v) is 11.6. The molecule has 1 atom stereocenters. The number of benzene rings is 3. The maximum Gasteiger partial charge on any atom is 0.305 e. The lowest BCUT2D eigenvalue weighted by atomic mass is 10.1. The molecule has 1 heterocycles. The van der Waals surface area contributed by atoms with E-state index in [9.17, 15) is 14.4 Å². The Kier molecular flexibility index (Phi) is 7.85. The summed E-state index contributed by atoms with van der Waals surface area (Å²) in [6.45, 7) is 0.952. The lowest BCUT2D eigenvalue weighted by Crippen LogP contribution is -2.45. The molecule has 8 nitrogen and oxygen atoms in total. The van der Waals surface area contributed by atoms with Crippen molar-refractivity contribution in [3.8, 4) is 11.5 Å². The summed E-state index contributed by atoms with van der Waals surface area (Å²) in [5.74, 6) is -0.0656. The zero-order chi connectivity index (χ0) is 25.5. The number of para-hydroxylation sites is 1. The van der Waals surface area contributed by atoms with Gasteiger partial charge in [0, 0.05) is 17.5 Å². The van der Waals surface area contributed by atoms with Crippen molar-refractivity contribution in [2.24, 2.45) is 5.73 Å². The molecule has 0 bridgehead atoms. The van der Waals surface area contributed by atoms with Crippen LogP contribution in [0.1, 0.15) is 39.9 Å². The number of carbonyl (C=O) groups is 3. The Balaban J connectivity index is 1.39. The second-order valence-electron chi connectivity index (χ2n) is 8.46. The Morgan fingerprint density at radius 2 is 1.58 bits per heavy atom. The topological polar surface area (TPSA) is 108 Å². The van der Waals surface area contributed by atoms with E-state index in [0.29, 0.717) is 30.1 Å². The van der Waals surface area contributed by atoms with Crippen LogP contribution in [0.4, 0.5) is 0 Å². The predicted octanol–water partition coefficient (Wildman–Crippen LogP) is 3.61. The average Bonchev–Trinajstić information content (AvgIpc) is 3.23. The van der Waals surface area contributed by atoms with Gasteiger partial charge in [0.15, 0.2) is 0 Å². The van der Waals surface area contributed by atoms with Crippen LogP contribution in [0.2, 0.25) is 0 Å². The first kappa shape index (κ1) is 24.8. The Hall–Kier alpha value is -4.33. The Labute approximate surface area is 209 Å². The number of nitrogens with zero attached hydrogens (tertiary/aromatic N) is 1. The maximum atomic E-state index is 13.0. The van der Waals surface area contributed by atoms with Crippen LogP contribution >= 0.6 is 0 Å². The third-order valence-corrected chi connectivity index (χ3v) is 6.07. The molecule has 0 spiro atoms. The maximum absolute atomic E-state index is 13.0. The van der Waals surface area contributed by atoms with E-state index in [1.807, 2.05) is 54.6 Å². The standard InChI is InChI=1S/C28H28N2O6/c1-34-26(31)15-14-24(27(29)32)30-16-23-22(28(30)33)8-5-9-25(23)36-18-20-12-10-19(11-13-20)17-35-21-6-3-2-4-7-21/h2-13,24H,14-18H2,1H3,(H2,29,32). The molecule has 186 valence electrons. The van der Waals surface area contributed by atoms with Gasteiger partial charge in [0.1, 0.15) is 30.8 Å². The van der Waals surface area contributed by atoms with Gasteiger partial charge in [0.25, 0.3) is 5.91 Å². The number of fused-ring (bicyclic) bond motifs is 1. The first-order chi connectivity index (χ1) is 17.5. The lowest BCUT2D eigenvalue weighted by Gasteiger charge is -2.24. The summed E-state index contributed by atoms with van der Waals surface area (Å²) in [5.41, 5.74) is 8.71. The van der Waals surface area contributed by atoms with Gasteiger partial charge in [-0.2, -0.15) is 0 Å². The van der Waals surface area contributed by atoms with Crippen molar-refractivity contribution in [2.45, 2.75) is 38.6 Å². The summed E-state index contributed by atoms with van der Waals surface area (Å²) < 4.78 is 16.5. The highest BCUT2D eigenvalue weighted by Crippen LogP contribution is 2.33. The van der Waals surface area contributed by atoms with Crippen LogP contribution in [-0.2, 0) is 34.1 Å². The van der Waals surface area contributed by atoms with Gasteiger partial charge in [-0.15, -0.1) is 0 Å². The number of primary amides is 1. The van der Waals surface area contributed by atoms with Crippen molar-refractivity contribution in [3.05, 3.63) is 95.1 Å². The number of nitrogens with two attached hydrogens (primary N) is 1. The van der Waals surface area contributed by atoms with E-state index in [1.54, 1.807) is 18.2 Å². The molecule has 3 aromatic rings. The Morgan fingerprint density at radius 3 is 2.22 bits per heavy atom. The van der Waals surface area contributed by atoms with Gasteiger partial charge in [-0.1, -0.05) is 48.5 Å². The fourth-order valence-corrected chi connectivity index (χ4v) is 4.10. The van der Waals surface area contributed by atoms with E-state index in [0.717, 1.165) is 16.9 Å². The van der Waals surface area contributed by atoms with Crippen LogP contribution in [0.5, 0.6) is 11.5 Å². The van der Waals surface area contributed by atoms with Crippen LogP contribution in [0, 0.1) is 0 Å². The third-order valence-electron chi connectivity index (χ3n) is 6.07. The number of amides is 2. The molecule has 0 aliphatic carbocycles. The van der Waals surface area contributed by atoms with E-state index in [-0.39, 0.29) is 25.3 Å². The molecule has 0 fully saturated rings. The SMILES string of the molecule is COC(=O)CCC(C(N)=O)N1Cc2c(OCc3ccc(COc4ccccc4)cc3)cccc2C1=O. The summed E-state index contributed by atoms with van der Waals surface area (Å²) in [6, 6.07) is 21.9. The molecular weight excluding hydrogens is 460 g/mol. The zero-order valence-electron chi connectivity index (χ0n) is 20.0. The fraction of sp³-hybridized carbons (Fsp3) is 0.250. The van der Waals surface area contributed by atoms with E-state index < -0.39 is 17.9 Å². The van der Waals surface area contributed by atoms with Gasteiger partial charge in [-0.3, -0.25) is 14.4 Å². The quantitative estimate of drug-likeness (QED) is 0.413. The molecule has 1 aliphatic heterocycles. The molecule has 0 saturated carbocycles. The Bertz CT molecular complexity index is 1230. The van der Waals surface area contributed by atoms with Crippen molar-refractivity contribution < 1.29 is 28.6 Å². The molecule has 1 unspecified atom stereocenters. The second kappa shape index (κ2) is 11.4. The van der Waals surface area contributed by atoms with Crippen molar-refractivity contribution in [1.29, 1.82) is 0 Å². The highest BCUT2D eigenvalue weighted by atomic mass is 16.5. The number of hydrogen-bond acceptors (Lipinski definition) is 6. The van der Waals surface area contributed by atoms with Gasteiger partial charge >= 0.3 is 5.97 Å². The van der Waals surface area contributed by atoms with E-state index in [2.05, 4.69) is 4.74 Å². The molecule has 1 aliphatic rings. The van der Waals surface area contributed by atoms with E-state index in [4.69, 9.17) is 15.2 Å². The minimum atomic E-state index is -0.914. The smallest absolute Gasteiger partial charge is 0.305 e. The number of hydrogen-bond donors (Lipinski definition) is 1. The first-order valence-electron chi connectivity index (χ1n) is 11.6. The molecule has 0 aromatic heterocycles. The minimum absolute atomic E-state index is 0.0139. The number of methoxy groups -OCH3 is 1. The van der Waals surface area contributed by atoms with Gasteiger partial charge in [0.2, 0.25) is 5.91 Å². The van der Waals surface area contributed by atoms with Crippen LogP contribution in [-0.4, -0.2) is 35.8 Å². The molecule has 2 N–H and O–H groups in total. The summed E-state index contributed by atoms with van der Waals surface area (Å²) in [4.78, 5) is 38.0. The molecule has 0 saturated heterocycles. The van der Waals surface area contributed by atoms with E-state index in [1.165, 1.54) is 12.0 Å².